The van der Waals surface area contributed by atoms with Crippen molar-refractivity contribution in [2.45, 2.75) is 13.0 Å². The van der Waals surface area contributed by atoms with Crippen LogP contribution in [0.2, 0.25) is 5.02 Å². The standard InChI is InChI=1S/C17H18ClFN2O4S/c1-11(17(22)20-13-6-4-12(19)5-7-13)21(26(3,23)24)14-8-9-16(25-2)15(18)10-14/h4-11H,1-3H3,(H,20,22)/t11-/m0/s1. The van der Waals surface area contributed by atoms with Gasteiger partial charge in [0.2, 0.25) is 15.9 Å². The first-order valence-corrected chi connectivity index (χ1v) is 9.75. The number of ether oxygens (including phenoxy) is 1. The highest BCUT2D eigenvalue weighted by molar-refractivity contribution is 7.92. The molecule has 1 atom stereocenters. The molecule has 0 bridgehead atoms. The maximum Gasteiger partial charge on any atom is 0.247 e. The van der Waals surface area contributed by atoms with Crippen molar-refractivity contribution in [1.29, 1.82) is 0 Å². The minimum absolute atomic E-state index is 0.213. The van der Waals surface area contributed by atoms with E-state index in [-0.39, 0.29) is 10.7 Å². The molecule has 0 fully saturated rings. The molecule has 2 rings (SSSR count). The normalized spacial score (nSPS) is 12.3. The quantitative estimate of drug-likeness (QED) is 0.807. The lowest BCUT2D eigenvalue weighted by molar-refractivity contribution is -0.116. The second-order valence-corrected chi connectivity index (χ2v) is 7.82. The summed E-state index contributed by atoms with van der Waals surface area (Å²) in [4.78, 5) is 12.5. The predicted molar refractivity (Wildman–Crippen MR) is 99.8 cm³/mol. The van der Waals surface area contributed by atoms with Gasteiger partial charge in [0.15, 0.2) is 0 Å². The summed E-state index contributed by atoms with van der Waals surface area (Å²) >= 11 is 6.07. The molecule has 1 N–H and O–H groups in total. The second-order valence-electron chi connectivity index (χ2n) is 5.55. The van der Waals surface area contributed by atoms with Crippen LogP contribution in [0.3, 0.4) is 0 Å². The highest BCUT2D eigenvalue weighted by Gasteiger charge is 2.29. The van der Waals surface area contributed by atoms with Crippen molar-refractivity contribution >= 4 is 38.9 Å². The molecule has 0 aromatic heterocycles. The molecule has 0 aliphatic heterocycles. The third-order valence-electron chi connectivity index (χ3n) is 3.59. The molecular formula is C17H18ClFN2O4S. The van der Waals surface area contributed by atoms with Gasteiger partial charge < -0.3 is 10.1 Å². The zero-order valence-corrected chi connectivity index (χ0v) is 15.9. The van der Waals surface area contributed by atoms with Crippen molar-refractivity contribution in [3.63, 3.8) is 0 Å². The molecule has 0 unspecified atom stereocenters. The number of hydrogen-bond donors (Lipinski definition) is 1. The first-order valence-electron chi connectivity index (χ1n) is 7.53. The Labute approximate surface area is 156 Å². The van der Waals surface area contributed by atoms with Gasteiger partial charge in [0.1, 0.15) is 17.6 Å². The summed E-state index contributed by atoms with van der Waals surface area (Å²) in [6.07, 6.45) is 0.993. The van der Waals surface area contributed by atoms with Gasteiger partial charge in [-0.1, -0.05) is 11.6 Å². The van der Waals surface area contributed by atoms with E-state index in [1.54, 1.807) is 0 Å². The number of nitrogens with zero attached hydrogens (tertiary/aromatic N) is 1. The van der Waals surface area contributed by atoms with Gasteiger partial charge in [-0.15, -0.1) is 0 Å². The average Bonchev–Trinajstić information content (AvgIpc) is 2.56. The molecular weight excluding hydrogens is 383 g/mol. The number of rotatable bonds is 6. The zero-order chi connectivity index (χ0) is 19.5. The third-order valence-corrected chi connectivity index (χ3v) is 5.13. The van der Waals surface area contributed by atoms with Crippen LogP contribution in [0.4, 0.5) is 15.8 Å². The van der Waals surface area contributed by atoms with Crippen LogP contribution in [-0.2, 0) is 14.8 Å². The fourth-order valence-electron chi connectivity index (χ4n) is 2.38. The van der Waals surface area contributed by atoms with Crippen LogP contribution in [0.25, 0.3) is 0 Å². The SMILES string of the molecule is COc1ccc(N([C@@H](C)C(=O)Nc2ccc(F)cc2)S(C)(=O)=O)cc1Cl. The van der Waals surface area contributed by atoms with E-state index in [9.17, 15) is 17.6 Å². The Balaban J connectivity index is 2.32. The molecule has 0 saturated carbocycles. The number of sulfonamides is 1. The Morgan fingerprint density at radius 1 is 1.23 bits per heavy atom. The molecule has 0 aliphatic carbocycles. The van der Waals surface area contributed by atoms with Gasteiger partial charge in [0.05, 0.1) is 24.1 Å². The molecule has 2 aromatic carbocycles. The summed E-state index contributed by atoms with van der Waals surface area (Å²) in [6.45, 7) is 1.44. The predicted octanol–water partition coefficient (Wildman–Crippen LogP) is 3.28. The fourth-order valence-corrected chi connectivity index (χ4v) is 3.80. The number of carbonyl (C=O) groups is 1. The van der Waals surface area contributed by atoms with Gasteiger partial charge in [-0.05, 0) is 49.4 Å². The molecule has 140 valence electrons. The number of carbonyl (C=O) groups excluding carboxylic acids is 1. The van der Waals surface area contributed by atoms with Gasteiger partial charge in [-0.25, -0.2) is 12.8 Å². The summed E-state index contributed by atoms with van der Waals surface area (Å²) in [5.74, 6) is -0.636. The van der Waals surface area contributed by atoms with Crippen molar-refractivity contribution in [1.82, 2.24) is 0 Å². The van der Waals surface area contributed by atoms with Crippen LogP contribution in [0, 0.1) is 5.82 Å². The second kappa shape index (κ2) is 7.92. The highest BCUT2D eigenvalue weighted by atomic mass is 35.5. The smallest absolute Gasteiger partial charge is 0.247 e. The topological polar surface area (TPSA) is 75.7 Å². The Morgan fingerprint density at radius 2 is 1.85 bits per heavy atom. The fraction of sp³-hybridized carbons (Fsp3) is 0.235. The number of halogens is 2. The van der Waals surface area contributed by atoms with Gasteiger partial charge in [-0.3, -0.25) is 9.10 Å². The first kappa shape index (κ1) is 20.0. The van der Waals surface area contributed by atoms with Crippen LogP contribution in [-0.4, -0.2) is 33.7 Å². The number of amides is 1. The molecule has 0 heterocycles. The van der Waals surface area contributed by atoms with E-state index < -0.39 is 27.8 Å². The molecule has 6 nitrogen and oxygen atoms in total. The monoisotopic (exact) mass is 400 g/mol. The highest BCUT2D eigenvalue weighted by Crippen LogP contribution is 2.31. The third kappa shape index (κ3) is 4.64. The molecule has 1 amide bonds. The minimum atomic E-state index is -3.78. The number of benzene rings is 2. The van der Waals surface area contributed by atoms with Gasteiger partial charge in [0.25, 0.3) is 0 Å². The lowest BCUT2D eigenvalue weighted by Crippen LogP contribution is -2.45. The van der Waals surface area contributed by atoms with E-state index in [0.717, 1.165) is 10.6 Å². The van der Waals surface area contributed by atoms with E-state index in [4.69, 9.17) is 16.3 Å². The largest absolute Gasteiger partial charge is 0.495 e. The first-order chi connectivity index (χ1) is 12.1. The van der Waals surface area contributed by atoms with E-state index in [2.05, 4.69) is 5.32 Å². The lowest BCUT2D eigenvalue weighted by Gasteiger charge is -2.28. The number of anilines is 2. The summed E-state index contributed by atoms with van der Waals surface area (Å²) in [6, 6.07) is 8.50. The summed E-state index contributed by atoms with van der Waals surface area (Å²) in [5.41, 5.74) is 0.574. The van der Waals surface area contributed by atoms with Gasteiger partial charge >= 0.3 is 0 Å². The molecule has 0 spiro atoms. The Morgan fingerprint density at radius 3 is 2.35 bits per heavy atom. The Hall–Kier alpha value is -2.32. The van der Waals surface area contributed by atoms with Gasteiger partial charge in [-0.2, -0.15) is 0 Å². The maximum atomic E-state index is 13.0. The Kier molecular flexibility index (Phi) is 6.09. The van der Waals surface area contributed by atoms with Gasteiger partial charge in [0, 0.05) is 5.69 Å². The lowest BCUT2D eigenvalue weighted by atomic mass is 10.2. The molecule has 0 saturated heterocycles. The van der Waals surface area contributed by atoms with Crippen molar-refractivity contribution in [2.75, 3.05) is 23.0 Å². The van der Waals surface area contributed by atoms with E-state index in [1.165, 1.54) is 56.5 Å². The minimum Gasteiger partial charge on any atom is -0.495 e. The molecule has 26 heavy (non-hydrogen) atoms. The Bertz CT molecular complexity index is 903. The summed E-state index contributed by atoms with van der Waals surface area (Å²) < 4.78 is 43.5. The summed E-state index contributed by atoms with van der Waals surface area (Å²) in [7, 11) is -2.35. The maximum absolute atomic E-state index is 13.0. The van der Waals surface area contributed by atoms with Crippen molar-refractivity contribution in [3.05, 3.63) is 53.3 Å². The number of nitrogens with one attached hydrogen (secondary N) is 1. The summed E-state index contributed by atoms with van der Waals surface area (Å²) in [5, 5.41) is 2.77. The van der Waals surface area contributed by atoms with E-state index in [0.29, 0.717) is 11.4 Å². The van der Waals surface area contributed by atoms with Crippen LogP contribution in [0.1, 0.15) is 6.92 Å². The van der Waals surface area contributed by atoms with E-state index >= 15 is 0 Å². The van der Waals surface area contributed by atoms with Crippen LogP contribution in [0.15, 0.2) is 42.5 Å². The molecule has 0 radical (unpaired) electrons. The van der Waals surface area contributed by atoms with Crippen LogP contribution < -0.4 is 14.4 Å². The van der Waals surface area contributed by atoms with Crippen molar-refractivity contribution in [2.24, 2.45) is 0 Å². The van der Waals surface area contributed by atoms with Crippen LogP contribution >= 0.6 is 11.6 Å². The average molecular weight is 401 g/mol. The van der Waals surface area contributed by atoms with Crippen molar-refractivity contribution in [3.8, 4) is 5.75 Å². The van der Waals surface area contributed by atoms with Crippen LogP contribution in [0.5, 0.6) is 5.75 Å². The number of hydrogen-bond acceptors (Lipinski definition) is 4. The molecule has 9 heteroatoms. The number of methoxy groups -OCH3 is 1. The zero-order valence-electron chi connectivity index (χ0n) is 14.4. The molecule has 0 aliphatic rings. The van der Waals surface area contributed by atoms with E-state index in [1.807, 2.05) is 0 Å². The molecule has 2 aromatic rings. The van der Waals surface area contributed by atoms with Crippen molar-refractivity contribution < 1.29 is 22.3 Å².